The number of hydrogen-bond donors (Lipinski definition) is 1. The summed E-state index contributed by atoms with van der Waals surface area (Å²) in [6.07, 6.45) is 3.72. The molecule has 1 amide bonds. The van der Waals surface area contributed by atoms with Crippen LogP contribution in [0.15, 0.2) is 36.5 Å². The first-order chi connectivity index (χ1) is 10.6. The van der Waals surface area contributed by atoms with Gasteiger partial charge in [-0.3, -0.25) is 4.79 Å². The summed E-state index contributed by atoms with van der Waals surface area (Å²) in [6.45, 7) is 1.68. The van der Waals surface area contributed by atoms with E-state index in [1.807, 2.05) is 4.90 Å². The molecule has 1 aromatic carbocycles. The topological polar surface area (TPSA) is 45.2 Å². The van der Waals surface area contributed by atoms with Crippen LogP contribution in [0.2, 0.25) is 0 Å². The lowest BCUT2D eigenvalue weighted by atomic mass is 10.2. The zero-order valence-corrected chi connectivity index (χ0v) is 11.9. The maximum Gasteiger partial charge on any atom is 0.259 e. The third-order valence-corrected chi connectivity index (χ3v) is 3.61. The fourth-order valence-corrected chi connectivity index (χ4v) is 2.54. The van der Waals surface area contributed by atoms with Crippen molar-refractivity contribution >= 4 is 17.4 Å². The molecular weight excluding hydrogens is 288 g/mol. The smallest absolute Gasteiger partial charge is 0.259 e. The first kappa shape index (κ1) is 14.4. The fraction of sp³-hybridized carbons (Fsp3) is 0.250. The van der Waals surface area contributed by atoms with Crippen molar-refractivity contribution in [1.29, 1.82) is 0 Å². The van der Waals surface area contributed by atoms with Crippen molar-refractivity contribution in [2.45, 2.75) is 12.8 Å². The number of hydrogen-bond acceptors (Lipinski definition) is 3. The molecule has 1 aliphatic heterocycles. The van der Waals surface area contributed by atoms with Gasteiger partial charge in [0.05, 0.1) is 11.3 Å². The number of pyridine rings is 1. The van der Waals surface area contributed by atoms with E-state index in [9.17, 15) is 13.6 Å². The van der Waals surface area contributed by atoms with E-state index in [0.29, 0.717) is 11.4 Å². The highest BCUT2D eigenvalue weighted by molar-refractivity contribution is 6.07. The van der Waals surface area contributed by atoms with E-state index >= 15 is 0 Å². The number of aromatic nitrogens is 1. The van der Waals surface area contributed by atoms with Gasteiger partial charge in [-0.05, 0) is 37.1 Å². The van der Waals surface area contributed by atoms with Crippen molar-refractivity contribution in [2.75, 3.05) is 23.3 Å². The summed E-state index contributed by atoms with van der Waals surface area (Å²) < 4.78 is 26.8. The summed E-state index contributed by atoms with van der Waals surface area (Å²) in [6, 6.07) is 6.23. The number of halogens is 2. The molecule has 0 aliphatic carbocycles. The number of nitrogens with one attached hydrogen (secondary N) is 1. The second-order valence-electron chi connectivity index (χ2n) is 5.15. The van der Waals surface area contributed by atoms with Crippen LogP contribution < -0.4 is 10.2 Å². The van der Waals surface area contributed by atoms with Crippen LogP contribution in [0.5, 0.6) is 0 Å². The molecule has 0 radical (unpaired) electrons. The summed E-state index contributed by atoms with van der Waals surface area (Å²) in [4.78, 5) is 18.7. The molecule has 1 aromatic heterocycles. The predicted molar refractivity (Wildman–Crippen MR) is 80.0 cm³/mol. The number of nitrogens with zero attached hydrogens (tertiary/aromatic N) is 2. The molecule has 3 rings (SSSR count). The lowest BCUT2D eigenvalue weighted by Crippen LogP contribution is -2.24. The Balaban J connectivity index is 1.87. The molecule has 0 unspecified atom stereocenters. The monoisotopic (exact) mass is 303 g/mol. The first-order valence-electron chi connectivity index (χ1n) is 7.11. The number of benzene rings is 1. The van der Waals surface area contributed by atoms with Crippen LogP contribution in [0.4, 0.5) is 20.3 Å². The number of carbonyl (C=O) groups is 1. The highest BCUT2D eigenvalue weighted by atomic mass is 19.1. The average molecular weight is 303 g/mol. The molecule has 1 N–H and O–H groups in total. The van der Waals surface area contributed by atoms with Crippen LogP contribution in [0, 0.1) is 11.6 Å². The van der Waals surface area contributed by atoms with Gasteiger partial charge in [0.15, 0.2) is 0 Å². The van der Waals surface area contributed by atoms with E-state index in [1.54, 1.807) is 18.3 Å². The first-order valence-corrected chi connectivity index (χ1v) is 7.11. The second-order valence-corrected chi connectivity index (χ2v) is 5.15. The Hall–Kier alpha value is -2.50. The molecule has 0 spiro atoms. The van der Waals surface area contributed by atoms with Crippen LogP contribution in [0.25, 0.3) is 0 Å². The van der Waals surface area contributed by atoms with E-state index in [-0.39, 0.29) is 5.69 Å². The minimum absolute atomic E-state index is 0.179. The molecule has 0 bridgehead atoms. The van der Waals surface area contributed by atoms with Crippen LogP contribution >= 0.6 is 0 Å². The standard InChI is InChI=1S/C16H15F2N3O/c17-11-5-6-13(18)14(10-11)20-16(22)12-4-3-7-19-15(12)21-8-1-2-9-21/h3-7,10H,1-2,8-9H2,(H,20,22). The number of amides is 1. The van der Waals surface area contributed by atoms with Crippen molar-refractivity contribution < 1.29 is 13.6 Å². The highest BCUT2D eigenvalue weighted by Gasteiger charge is 2.21. The largest absolute Gasteiger partial charge is 0.356 e. The molecule has 1 fully saturated rings. The Kier molecular flexibility index (Phi) is 4.00. The number of rotatable bonds is 3. The van der Waals surface area contributed by atoms with Gasteiger partial charge in [0, 0.05) is 25.4 Å². The average Bonchev–Trinajstić information content (AvgIpc) is 3.05. The molecule has 0 atom stereocenters. The predicted octanol–water partition coefficient (Wildman–Crippen LogP) is 3.21. The van der Waals surface area contributed by atoms with Crippen molar-refractivity contribution in [1.82, 2.24) is 4.98 Å². The minimum Gasteiger partial charge on any atom is -0.356 e. The third-order valence-electron chi connectivity index (χ3n) is 3.61. The van der Waals surface area contributed by atoms with Crippen molar-refractivity contribution in [3.8, 4) is 0 Å². The molecule has 6 heteroatoms. The van der Waals surface area contributed by atoms with Crippen molar-refractivity contribution in [3.05, 3.63) is 53.7 Å². The zero-order chi connectivity index (χ0) is 15.5. The lowest BCUT2D eigenvalue weighted by molar-refractivity contribution is 0.102. The van der Waals surface area contributed by atoms with Crippen LogP contribution in [-0.2, 0) is 0 Å². The maximum atomic E-state index is 13.6. The molecule has 1 aliphatic rings. The summed E-state index contributed by atoms with van der Waals surface area (Å²) in [5, 5.41) is 2.41. The maximum absolute atomic E-state index is 13.6. The normalized spacial score (nSPS) is 14.2. The summed E-state index contributed by atoms with van der Waals surface area (Å²) in [5.74, 6) is -1.21. The Bertz CT molecular complexity index is 700. The zero-order valence-electron chi connectivity index (χ0n) is 11.9. The Morgan fingerprint density at radius 1 is 1.18 bits per heavy atom. The van der Waals surface area contributed by atoms with Gasteiger partial charge in [-0.1, -0.05) is 0 Å². The fourth-order valence-electron chi connectivity index (χ4n) is 2.54. The molecule has 2 aromatic rings. The second kappa shape index (κ2) is 6.09. The lowest BCUT2D eigenvalue weighted by Gasteiger charge is -2.19. The van der Waals surface area contributed by atoms with Gasteiger partial charge in [-0.2, -0.15) is 0 Å². The molecule has 0 saturated carbocycles. The minimum atomic E-state index is -0.679. The Morgan fingerprint density at radius 3 is 2.73 bits per heavy atom. The quantitative estimate of drug-likeness (QED) is 0.947. The van der Waals surface area contributed by atoms with Gasteiger partial charge in [-0.15, -0.1) is 0 Å². The Labute approximate surface area is 126 Å². The van der Waals surface area contributed by atoms with Crippen molar-refractivity contribution in [2.24, 2.45) is 0 Å². The van der Waals surface area contributed by atoms with E-state index in [4.69, 9.17) is 0 Å². The molecule has 114 valence electrons. The van der Waals surface area contributed by atoms with Crippen LogP contribution in [0.3, 0.4) is 0 Å². The number of carbonyl (C=O) groups excluding carboxylic acids is 1. The molecule has 4 nitrogen and oxygen atoms in total. The summed E-state index contributed by atoms with van der Waals surface area (Å²) in [7, 11) is 0. The molecule has 2 heterocycles. The van der Waals surface area contributed by atoms with E-state index < -0.39 is 17.5 Å². The van der Waals surface area contributed by atoms with Gasteiger partial charge in [0.25, 0.3) is 5.91 Å². The van der Waals surface area contributed by atoms with Crippen molar-refractivity contribution in [3.63, 3.8) is 0 Å². The number of anilines is 2. The van der Waals surface area contributed by atoms with Gasteiger partial charge in [-0.25, -0.2) is 13.8 Å². The van der Waals surface area contributed by atoms with Crippen LogP contribution in [0.1, 0.15) is 23.2 Å². The molecule has 1 saturated heterocycles. The van der Waals surface area contributed by atoms with Gasteiger partial charge in [0.2, 0.25) is 0 Å². The SMILES string of the molecule is O=C(Nc1cc(F)ccc1F)c1cccnc1N1CCCC1. The van der Waals surface area contributed by atoms with Gasteiger partial charge >= 0.3 is 0 Å². The summed E-state index contributed by atoms with van der Waals surface area (Å²) in [5.41, 5.74) is 0.175. The highest BCUT2D eigenvalue weighted by Crippen LogP contribution is 2.23. The van der Waals surface area contributed by atoms with Gasteiger partial charge in [0.1, 0.15) is 17.5 Å². The van der Waals surface area contributed by atoms with E-state index in [2.05, 4.69) is 10.3 Å². The van der Waals surface area contributed by atoms with Crippen LogP contribution in [-0.4, -0.2) is 24.0 Å². The third kappa shape index (κ3) is 2.90. The molecular formula is C16H15F2N3O. The molecule has 22 heavy (non-hydrogen) atoms. The Morgan fingerprint density at radius 2 is 1.95 bits per heavy atom. The summed E-state index contributed by atoms with van der Waals surface area (Å²) >= 11 is 0. The van der Waals surface area contributed by atoms with Gasteiger partial charge < -0.3 is 10.2 Å². The van der Waals surface area contributed by atoms with E-state index in [0.717, 1.165) is 44.1 Å². The van der Waals surface area contributed by atoms with E-state index in [1.165, 1.54) is 0 Å².